The first-order valence-electron chi connectivity index (χ1n) is 10.4. The van der Waals surface area contributed by atoms with E-state index >= 15 is 4.48 Å². The first-order valence-corrected chi connectivity index (χ1v) is 10.4. The van der Waals surface area contributed by atoms with E-state index in [2.05, 4.69) is 11.9 Å². The predicted octanol–water partition coefficient (Wildman–Crippen LogP) is 4.12. The highest BCUT2D eigenvalue weighted by atomic mass is 19.4. The van der Waals surface area contributed by atoms with E-state index in [1.54, 1.807) is 4.90 Å². The minimum Gasteiger partial charge on any atom is -0.383 e. The van der Waals surface area contributed by atoms with Gasteiger partial charge in [-0.3, -0.25) is 4.79 Å². The number of fused-ring (bicyclic) bond motifs is 4. The monoisotopic (exact) mass is 448 g/mol. The standard InChI is InChI=1S/C23H24F4N4O/c1-16-13-30(19-5-3-2-4-6-19)15-22(32)29-8-7-20(14-29)31(27)21-10-17(12-28-16)9-18(11-21)23(24,25)26/h2-6,9-11,20,28H,1,7-8,12-15H2. The Morgan fingerprint density at radius 2 is 1.75 bits per heavy atom. The SMILES string of the molecule is C=C1CN(c2ccccc2)CC(=O)N2CCC(C2)N(F)c2cc(cc(C(F)(F)F)c2)CN1. The van der Waals surface area contributed by atoms with E-state index in [4.69, 9.17) is 0 Å². The Morgan fingerprint density at radius 3 is 2.47 bits per heavy atom. The average molecular weight is 448 g/mol. The van der Waals surface area contributed by atoms with Gasteiger partial charge in [0.25, 0.3) is 0 Å². The molecule has 9 heteroatoms. The van der Waals surface area contributed by atoms with E-state index in [1.807, 2.05) is 35.2 Å². The topological polar surface area (TPSA) is 38.8 Å². The van der Waals surface area contributed by atoms with Crippen molar-refractivity contribution in [1.29, 1.82) is 0 Å². The highest BCUT2D eigenvalue weighted by Gasteiger charge is 2.35. The minimum atomic E-state index is -4.60. The fraction of sp³-hybridized carbons (Fsp3) is 0.348. The molecule has 1 fully saturated rings. The lowest BCUT2D eigenvalue weighted by Crippen LogP contribution is -2.42. The van der Waals surface area contributed by atoms with Gasteiger partial charge in [-0.25, -0.2) is 5.12 Å². The zero-order valence-corrected chi connectivity index (χ0v) is 17.4. The molecule has 170 valence electrons. The number of anilines is 2. The van der Waals surface area contributed by atoms with Crippen LogP contribution in [-0.4, -0.2) is 43.0 Å². The van der Waals surface area contributed by atoms with Crippen molar-refractivity contribution < 1.29 is 22.4 Å². The van der Waals surface area contributed by atoms with E-state index < -0.39 is 17.8 Å². The van der Waals surface area contributed by atoms with E-state index in [0.29, 0.717) is 35.9 Å². The van der Waals surface area contributed by atoms with Gasteiger partial charge in [0, 0.05) is 31.0 Å². The summed E-state index contributed by atoms with van der Waals surface area (Å²) in [7, 11) is 0. The zero-order valence-electron chi connectivity index (χ0n) is 17.4. The van der Waals surface area contributed by atoms with Crippen molar-refractivity contribution in [2.45, 2.75) is 25.2 Å². The largest absolute Gasteiger partial charge is 0.416 e. The van der Waals surface area contributed by atoms with Gasteiger partial charge in [-0.15, -0.1) is 0 Å². The molecular weight excluding hydrogens is 424 g/mol. The Hall–Kier alpha value is -3.23. The summed E-state index contributed by atoms with van der Waals surface area (Å²) in [4.78, 5) is 16.4. The maximum absolute atomic E-state index is 15.2. The molecule has 2 aromatic rings. The number of carbonyl (C=O) groups excluding carboxylic acids is 1. The van der Waals surface area contributed by atoms with Crippen molar-refractivity contribution >= 4 is 17.3 Å². The second-order valence-corrected chi connectivity index (χ2v) is 8.13. The molecule has 1 amide bonds. The molecule has 1 unspecified atom stereocenters. The maximum atomic E-state index is 15.2. The first kappa shape index (κ1) is 22.0. The fourth-order valence-electron chi connectivity index (χ4n) is 4.08. The number of hydrogen-bond donors (Lipinski definition) is 1. The number of nitrogens with zero attached hydrogens (tertiary/aromatic N) is 3. The van der Waals surface area contributed by atoms with Crippen LogP contribution in [0, 0.1) is 0 Å². The first-order chi connectivity index (χ1) is 15.2. The zero-order chi connectivity index (χ0) is 22.9. The van der Waals surface area contributed by atoms with Crippen molar-refractivity contribution in [1.82, 2.24) is 10.2 Å². The summed E-state index contributed by atoms with van der Waals surface area (Å²) in [6.07, 6.45) is -4.26. The number of carbonyl (C=O) groups is 1. The molecule has 0 aliphatic carbocycles. The molecular formula is C23H24F4N4O. The highest BCUT2D eigenvalue weighted by Crippen LogP contribution is 2.35. The van der Waals surface area contributed by atoms with Crippen molar-refractivity contribution in [2.24, 2.45) is 0 Å². The lowest BCUT2D eigenvalue weighted by atomic mass is 10.1. The lowest BCUT2D eigenvalue weighted by molar-refractivity contribution is -0.137. The van der Waals surface area contributed by atoms with Gasteiger partial charge in [0.1, 0.15) is 0 Å². The molecule has 0 spiro atoms. The van der Waals surface area contributed by atoms with Crippen LogP contribution >= 0.6 is 0 Å². The van der Waals surface area contributed by atoms with Gasteiger partial charge in [0.05, 0.1) is 30.4 Å². The summed E-state index contributed by atoms with van der Waals surface area (Å²) in [5.74, 6) is -0.167. The summed E-state index contributed by atoms with van der Waals surface area (Å²) in [5, 5.41) is 3.38. The number of para-hydroxylation sites is 1. The second-order valence-electron chi connectivity index (χ2n) is 8.13. The highest BCUT2D eigenvalue weighted by molar-refractivity contribution is 5.82. The van der Waals surface area contributed by atoms with Gasteiger partial charge in [0.2, 0.25) is 5.91 Å². The van der Waals surface area contributed by atoms with Gasteiger partial charge >= 0.3 is 6.18 Å². The molecule has 5 nitrogen and oxygen atoms in total. The molecule has 0 saturated carbocycles. The lowest BCUT2D eigenvalue weighted by Gasteiger charge is -2.29. The Bertz CT molecular complexity index is 995. The number of halogens is 4. The van der Waals surface area contributed by atoms with Gasteiger partial charge in [-0.05, 0) is 42.3 Å². The number of alkyl halides is 3. The van der Waals surface area contributed by atoms with Gasteiger partial charge < -0.3 is 15.1 Å². The molecule has 0 radical (unpaired) electrons. The summed E-state index contributed by atoms with van der Waals surface area (Å²) < 4.78 is 55.5. The van der Waals surface area contributed by atoms with Crippen molar-refractivity contribution in [3.05, 3.63) is 71.9 Å². The molecule has 4 bridgehead atoms. The molecule has 2 aromatic carbocycles. The molecule has 2 aliphatic heterocycles. The number of amides is 1. The molecule has 2 aliphatic rings. The van der Waals surface area contributed by atoms with Crippen LogP contribution in [0.15, 0.2) is 60.8 Å². The predicted molar refractivity (Wildman–Crippen MR) is 115 cm³/mol. The minimum absolute atomic E-state index is 0.0525. The second kappa shape index (κ2) is 8.72. The molecule has 0 aromatic heterocycles. The molecule has 2 heterocycles. The molecule has 1 atom stereocenters. The van der Waals surface area contributed by atoms with E-state index in [9.17, 15) is 18.0 Å². The van der Waals surface area contributed by atoms with Crippen LogP contribution in [-0.2, 0) is 17.5 Å². The third-order valence-corrected chi connectivity index (χ3v) is 5.76. The van der Waals surface area contributed by atoms with Gasteiger partial charge in [-0.2, -0.15) is 13.2 Å². The molecule has 1 N–H and O–H groups in total. The van der Waals surface area contributed by atoms with Crippen molar-refractivity contribution in [2.75, 3.05) is 36.2 Å². The van der Waals surface area contributed by atoms with Crippen LogP contribution in [0.3, 0.4) is 0 Å². The van der Waals surface area contributed by atoms with E-state index in [-0.39, 0.29) is 31.2 Å². The molecule has 4 rings (SSSR count). The van der Waals surface area contributed by atoms with Crippen LogP contribution in [0.4, 0.5) is 29.0 Å². The van der Waals surface area contributed by atoms with Crippen LogP contribution in [0.5, 0.6) is 0 Å². The fourth-order valence-corrected chi connectivity index (χ4v) is 4.08. The maximum Gasteiger partial charge on any atom is 0.416 e. The average Bonchev–Trinajstić information content (AvgIpc) is 3.26. The normalized spacial score (nSPS) is 20.2. The number of rotatable bonds is 1. The Morgan fingerprint density at radius 1 is 1.00 bits per heavy atom. The Kier molecular flexibility index (Phi) is 5.99. The van der Waals surface area contributed by atoms with Gasteiger partial charge in [-0.1, -0.05) is 29.3 Å². The summed E-state index contributed by atoms with van der Waals surface area (Å²) in [5.41, 5.74) is 0.579. The molecule has 32 heavy (non-hydrogen) atoms. The van der Waals surface area contributed by atoms with Crippen molar-refractivity contribution in [3.8, 4) is 0 Å². The van der Waals surface area contributed by atoms with E-state index in [0.717, 1.165) is 17.8 Å². The van der Waals surface area contributed by atoms with Crippen molar-refractivity contribution in [3.63, 3.8) is 0 Å². The van der Waals surface area contributed by atoms with Crippen LogP contribution in [0.2, 0.25) is 0 Å². The van der Waals surface area contributed by atoms with Crippen LogP contribution in [0.1, 0.15) is 17.5 Å². The quantitative estimate of drug-likeness (QED) is 0.526. The van der Waals surface area contributed by atoms with Gasteiger partial charge in [0.15, 0.2) is 0 Å². The number of benzene rings is 2. The summed E-state index contributed by atoms with van der Waals surface area (Å²) in [6, 6.07) is 11.9. The summed E-state index contributed by atoms with van der Waals surface area (Å²) >= 11 is 0. The Balaban J connectivity index is 1.68. The number of nitrogens with one attached hydrogen (secondary N) is 1. The van der Waals surface area contributed by atoms with Crippen LogP contribution < -0.4 is 15.3 Å². The summed E-state index contributed by atoms with van der Waals surface area (Å²) in [6.45, 7) is 4.88. The third kappa shape index (κ3) is 4.81. The smallest absolute Gasteiger partial charge is 0.383 e. The Labute approximate surface area is 183 Å². The number of hydrogen-bond acceptors (Lipinski definition) is 4. The third-order valence-electron chi connectivity index (χ3n) is 5.76. The molecule has 1 saturated heterocycles. The van der Waals surface area contributed by atoms with Crippen LogP contribution in [0.25, 0.3) is 0 Å². The van der Waals surface area contributed by atoms with E-state index in [1.165, 1.54) is 6.07 Å².